The number of aryl methyl sites for hydroxylation is 1. The van der Waals surface area contributed by atoms with E-state index < -0.39 is 6.09 Å². The van der Waals surface area contributed by atoms with Gasteiger partial charge >= 0.3 is 6.09 Å². The van der Waals surface area contributed by atoms with Crippen LogP contribution in [0.25, 0.3) is 11.0 Å². The molecule has 0 aliphatic rings. The zero-order valence-electron chi connectivity index (χ0n) is 14.4. The van der Waals surface area contributed by atoms with Crippen molar-refractivity contribution < 1.29 is 18.7 Å². The number of benzene rings is 1. The van der Waals surface area contributed by atoms with Crippen molar-refractivity contribution in [2.45, 2.75) is 6.92 Å². The summed E-state index contributed by atoms with van der Waals surface area (Å²) in [4.78, 5) is 20.4. The van der Waals surface area contributed by atoms with Crippen molar-refractivity contribution in [1.29, 1.82) is 0 Å². The van der Waals surface area contributed by atoms with Gasteiger partial charge in [0, 0.05) is 12.3 Å². The highest BCUT2D eigenvalue weighted by molar-refractivity contribution is 5.91. The van der Waals surface area contributed by atoms with Gasteiger partial charge in [-0.05, 0) is 37.3 Å². The summed E-state index contributed by atoms with van der Waals surface area (Å²) < 4.78 is 16.3. The molecule has 0 fully saturated rings. The number of carbonyl (C=O) groups excluding carboxylic acids is 1. The Balaban J connectivity index is 1.41. The average molecular weight is 361 g/mol. The number of aromatic nitrogens is 2. The van der Waals surface area contributed by atoms with E-state index >= 15 is 0 Å². The summed E-state index contributed by atoms with van der Waals surface area (Å²) >= 11 is 0. The molecule has 27 heavy (non-hydrogen) atoms. The zero-order chi connectivity index (χ0) is 18.6. The standard InChI is InChI=1S/C20H15N3O4/c1-13-16(7-4-10-21-13)26-19-9-8-14(11-22-19)23-20(24)27-18-12-25-17-6-3-2-5-15(17)18/h2-12H,1H3,(H,23,24). The van der Waals surface area contributed by atoms with Crippen LogP contribution < -0.4 is 14.8 Å². The highest BCUT2D eigenvalue weighted by Gasteiger charge is 2.12. The van der Waals surface area contributed by atoms with E-state index in [9.17, 15) is 4.79 Å². The Hall–Kier alpha value is -3.87. The van der Waals surface area contributed by atoms with Crippen molar-refractivity contribution in [1.82, 2.24) is 9.97 Å². The van der Waals surface area contributed by atoms with Gasteiger partial charge in [0.1, 0.15) is 11.8 Å². The summed E-state index contributed by atoms with van der Waals surface area (Å²) in [6, 6.07) is 14.2. The number of anilines is 1. The Morgan fingerprint density at radius 3 is 2.74 bits per heavy atom. The zero-order valence-corrected chi connectivity index (χ0v) is 14.4. The van der Waals surface area contributed by atoms with E-state index in [1.165, 1.54) is 12.5 Å². The van der Waals surface area contributed by atoms with Gasteiger partial charge in [0.15, 0.2) is 11.5 Å². The van der Waals surface area contributed by atoms with Crippen LogP contribution in [-0.2, 0) is 0 Å². The second kappa shape index (κ2) is 7.17. The second-order valence-electron chi connectivity index (χ2n) is 5.68. The van der Waals surface area contributed by atoms with Crippen LogP contribution in [0.5, 0.6) is 17.4 Å². The van der Waals surface area contributed by atoms with Crippen molar-refractivity contribution in [3.05, 3.63) is 72.9 Å². The number of nitrogens with zero attached hydrogens (tertiary/aromatic N) is 2. The third-order valence-corrected chi connectivity index (χ3v) is 3.80. The van der Waals surface area contributed by atoms with Crippen LogP contribution in [0.3, 0.4) is 0 Å². The summed E-state index contributed by atoms with van der Waals surface area (Å²) in [6.45, 7) is 1.85. The van der Waals surface area contributed by atoms with Crippen LogP contribution in [0, 0.1) is 6.92 Å². The minimum atomic E-state index is -0.639. The summed E-state index contributed by atoms with van der Waals surface area (Å²) in [6.07, 6.45) is 3.93. The highest BCUT2D eigenvalue weighted by atomic mass is 16.6. The lowest BCUT2D eigenvalue weighted by molar-refractivity contribution is 0.215. The smallest absolute Gasteiger partial charge is 0.417 e. The first-order chi connectivity index (χ1) is 13.2. The lowest BCUT2D eigenvalue weighted by Gasteiger charge is -2.08. The average Bonchev–Trinajstić information content (AvgIpc) is 3.08. The van der Waals surface area contributed by atoms with E-state index in [1.807, 2.05) is 31.2 Å². The molecule has 0 atom stereocenters. The van der Waals surface area contributed by atoms with Gasteiger partial charge in [-0.15, -0.1) is 0 Å². The van der Waals surface area contributed by atoms with Crippen molar-refractivity contribution in [2.24, 2.45) is 0 Å². The van der Waals surface area contributed by atoms with E-state index in [-0.39, 0.29) is 0 Å². The van der Waals surface area contributed by atoms with Gasteiger partial charge in [0.2, 0.25) is 5.88 Å². The molecule has 1 N–H and O–H groups in total. The van der Waals surface area contributed by atoms with Crippen molar-refractivity contribution in [3.8, 4) is 17.4 Å². The van der Waals surface area contributed by atoms with Gasteiger partial charge < -0.3 is 13.9 Å². The molecular weight excluding hydrogens is 346 g/mol. The normalized spacial score (nSPS) is 10.6. The van der Waals surface area contributed by atoms with Crippen molar-refractivity contribution in [3.63, 3.8) is 0 Å². The fraction of sp³-hybridized carbons (Fsp3) is 0.0500. The lowest BCUT2D eigenvalue weighted by atomic mass is 10.2. The molecule has 7 heteroatoms. The molecule has 4 rings (SSSR count). The first-order valence-electron chi connectivity index (χ1n) is 8.19. The van der Waals surface area contributed by atoms with Gasteiger partial charge in [0.05, 0.1) is 23.0 Å². The van der Waals surface area contributed by atoms with Gasteiger partial charge in [-0.1, -0.05) is 12.1 Å². The molecule has 3 heterocycles. The molecule has 0 bridgehead atoms. The second-order valence-corrected chi connectivity index (χ2v) is 5.68. The maximum absolute atomic E-state index is 12.1. The summed E-state index contributed by atoms with van der Waals surface area (Å²) in [5.74, 6) is 1.37. The number of furan rings is 1. The van der Waals surface area contributed by atoms with Gasteiger partial charge in [-0.25, -0.2) is 9.78 Å². The number of rotatable bonds is 4. The van der Waals surface area contributed by atoms with Crippen LogP contribution in [0.2, 0.25) is 0 Å². The Labute approximate surface area is 154 Å². The molecule has 134 valence electrons. The SMILES string of the molecule is Cc1ncccc1Oc1ccc(NC(=O)Oc2coc3ccccc23)cn1. The predicted molar refractivity (Wildman–Crippen MR) is 99.1 cm³/mol. The Kier molecular flexibility index (Phi) is 4.40. The minimum absolute atomic E-state index is 0.350. The van der Waals surface area contributed by atoms with E-state index in [4.69, 9.17) is 13.9 Å². The van der Waals surface area contributed by atoms with E-state index in [0.29, 0.717) is 28.6 Å². The van der Waals surface area contributed by atoms with Gasteiger partial charge in [-0.2, -0.15) is 0 Å². The summed E-state index contributed by atoms with van der Waals surface area (Å²) in [5, 5.41) is 3.34. The minimum Gasteiger partial charge on any atom is -0.460 e. The fourth-order valence-electron chi connectivity index (χ4n) is 2.48. The topological polar surface area (TPSA) is 86.5 Å². The number of nitrogens with one attached hydrogen (secondary N) is 1. The summed E-state index contributed by atoms with van der Waals surface area (Å²) in [5.41, 5.74) is 1.88. The van der Waals surface area contributed by atoms with Gasteiger partial charge in [-0.3, -0.25) is 10.3 Å². The predicted octanol–water partition coefficient (Wildman–Crippen LogP) is 4.93. The molecule has 0 saturated carbocycles. The molecular formula is C20H15N3O4. The number of amides is 1. The number of hydrogen-bond donors (Lipinski definition) is 1. The molecule has 0 radical (unpaired) electrons. The number of fused-ring (bicyclic) bond motifs is 1. The van der Waals surface area contributed by atoms with E-state index in [0.717, 1.165) is 11.1 Å². The molecule has 0 saturated heterocycles. The van der Waals surface area contributed by atoms with Crippen molar-refractivity contribution >= 4 is 22.7 Å². The molecule has 0 aliphatic carbocycles. The Bertz CT molecular complexity index is 1090. The van der Waals surface area contributed by atoms with Crippen LogP contribution in [0.15, 0.2) is 71.6 Å². The lowest BCUT2D eigenvalue weighted by Crippen LogP contribution is -2.16. The molecule has 0 spiro atoms. The Morgan fingerprint density at radius 1 is 1.04 bits per heavy atom. The third kappa shape index (κ3) is 3.72. The number of hydrogen-bond acceptors (Lipinski definition) is 6. The maximum Gasteiger partial charge on any atom is 0.417 e. The van der Waals surface area contributed by atoms with Crippen LogP contribution >= 0.6 is 0 Å². The van der Waals surface area contributed by atoms with E-state index in [1.54, 1.807) is 30.5 Å². The van der Waals surface area contributed by atoms with E-state index in [2.05, 4.69) is 15.3 Å². The molecule has 7 nitrogen and oxygen atoms in total. The quantitative estimate of drug-likeness (QED) is 0.554. The van der Waals surface area contributed by atoms with Gasteiger partial charge in [0.25, 0.3) is 0 Å². The third-order valence-electron chi connectivity index (χ3n) is 3.80. The highest BCUT2D eigenvalue weighted by Crippen LogP contribution is 2.28. The first-order valence-corrected chi connectivity index (χ1v) is 8.19. The van der Waals surface area contributed by atoms with Crippen LogP contribution in [0.1, 0.15) is 5.69 Å². The Morgan fingerprint density at radius 2 is 1.93 bits per heavy atom. The number of carbonyl (C=O) groups is 1. The largest absolute Gasteiger partial charge is 0.460 e. The maximum atomic E-state index is 12.1. The number of ether oxygens (including phenoxy) is 2. The number of para-hydroxylation sites is 1. The summed E-state index contributed by atoms with van der Waals surface area (Å²) in [7, 11) is 0. The monoisotopic (exact) mass is 361 g/mol. The molecule has 1 aromatic carbocycles. The molecule has 4 aromatic rings. The number of pyridine rings is 2. The molecule has 3 aromatic heterocycles. The van der Waals surface area contributed by atoms with Crippen LogP contribution in [-0.4, -0.2) is 16.1 Å². The molecule has 0 unspecified atom stereocenters. The molecule has 0 aliphatic heterocycles. The van der Waals surface area contributed by atoms with Crippen LogP contribution in [0.4, 0.5) is 10.5 Å². The molecule has 1 amide bonds. The van der Waals surface area contributed by atoms with Crippen molar-refractivity contribution in [2.75, 3.05) is 5.32 Å². The first kappa shape index (κ1) is 16.6. The fourth-order valence-corrected chi connectivity index (χ4v) is 2.48.